The van der Waals surface area contributed by atoms with Crippen LogP contribution in [0.1, 0.15) is 21.5 Å². The van der Waals surface area contributed by atoms with E-state index in [4.69, 9.17) is 0 Å². The second kappa shape index (κ2) is 7.28. The summed E-state index contributed by atoms with van der Waals surface area (Å²) in [4.78, 5) is 11.5. The van der Waals surface area contributed by atoms with Gasteiger partial charge in [-0.3, -0.25) is 0 Å². The first kappa shape index (κ1) is 19.0. The van der Waals surface area contributed by atoms with Gasteiger partial charge in [0.25, 0.3) is 0 Å². The number of sulfonamides is 1. The molecule has 0 aliphatic heterocycles. The van der Waals surface area contributed by atoms with Crippen molar-refractivity contribution >= 4 is 16.0 Å². The fraction of sp³-hybridized carbons (Fsp3) is 0.235. The normalized spacial score (nSPS) is 11.6. The Morgan fingerprint density at radius 1 is 1.16 bits per heavy atom. The highest BCUT2D eigenvalue weighted by atomic mass is 32.2. The Bertz CT molecular complexity index is 913. The molecule has 0 aliphatic rings. The highest BCUT2D eigenvalue weighted by molar-refractivity contribution is 7.89. The van der Waals surface area contributed by atoms with Gasteiger partial charge in [-0.2, -0.15) is 4.31 Å². The van der Waals surface area contributed by atoms with E-state index in [0.717, 1.165) is 10.4 Å². The summed E-state index contributed by atoms with van der Waals surface area (Å²) in [6, 6.07) is 7.11. The van der Waals surface area contributed by atoms with Gasteiger partial charge < -0.3 is 4.74 Å². The van der Waals surface area contributed by atoms with E-state index >= 15 is 0 Å². The van der Waals surface area contributed by atoms with Crippen LogP contribution in [0.2, 0.25) is 0 Å². The fourth-order valence-corrected chi connectivity index (χ4v) is 3.66. The molecule has 2 aromatic rings. The number of ether oxygens (including phenoxy) is 1. The van der Waals surface area contributed by atoms with Crippen LogP contribution in [0.4, 0.5) is 8.78 Å². The molecular weight excluding hydrogens is 352 g/mol. The molecule has 2 rings (SSSR count). The molecule has 0 spiro atoms. The smallest absolute Gasteiger partial charge is 0.337 e. The highest BCUT2D eigenvalue weighted by Crippen LogP contribution is 2.23. The van der Waals surface area contributed by atoms with Crippen LogP contribution < -0.4 is 0 Å². The molecule has 0 radical (unpaired) electrons. The van der Waals surface area contributed by atoms with Crippen molar-refractivity contribution in [3.05, 3.63) is 64.7 Å². The van der Waals surface area contributed by atoms with Crippen molar-refractivity contribution in [2.75, 3.05) is 14.2 Å². The van der Waals surface area contributed by atoms with Gasteiger partial charge in [-0.25, -0.2) is 22.0 Å². The van der Waals surface area contributed by atoms with Crippen LogP contribution in [0.5, 0.6) is 0 Å². The summed E-state index contributed by atoms with van der Waals surface area (Å²) >= 11 is 0. The Kier molecular flexibility index (Phi) is 5.54. The molecule has 134 valence electrons. The van der Waals surface area contributed by atoms with Gasteiger partial charge in [0.1, 0.15) is 11.6 Å². The van der Waals surface area contributed by atoms with Crippen molar-refractivity contribution in [3.8, 4) is 0 Å². The molecule has 0 heterocycles. The number of hydrogen-bond acceptors (Lipinski definition) is 4. The maximum absolute atomic E-state index is 13.8. The molecule has 0 saturated heterocycles. The maximum Gasteiger partial charge on any atom is 0.337 e. The monoisotopic (exact) mass is 369 g/mol. The van der Waals surface area contributed by atoms with Gasteiger partial charge in [0.05, 0.1) is 17.6 Å². The lowest BCUT2D eigenvalue weighted by Gasteiger charge is -2.19. The molecule has 5 nitrogen and oxygen atoms in total. The van der Waals surface area contributed by atoms with Crippen molar-refractivity contribution in [3.63, 3.8) is 0 Å². The molecule has 2 aromatic carbocycles. The number of carbonyl (C=O) groups excluding carboxylic acids is 1. The lowest BCUT2D eigenvalue weighted by molar-refractivity contribution is 0.0600. The zero-order chi connectivity index (χ0) is 18.8. The first-order chi connectivity index (χ1) is 11.7. The van der Waals surface area contributed by atoms with Crippen LogP contribution in [0, 0.1) is 18.6 Å². The van der Waals surface area contributed by atoms with E-state index < -0.39 is 27.6 Å². The third-order valence-electron chi connectivity index (χ3n) is 3.71. The van der Waals surface area contributed by atoms with Crippen LogP contribution in [0.25, 0.3) is 0 Å². The number of nitrogens with zero attached hydrogens (tertiary/aromatic N) is 1. The van der Waals surface area contributed by atoms with Crippen molar-refractivity contribution in [2.24, 2.45) is 0 Å². The van der Waals surface area contributed by atoms with Gasteiger partial charge in [-0.1, -0.05) is 12.1 Å². The molecule has 0 amide bonds. The summed E-state index contributed by atoms with van der Waals surface area (Å²) < 4.78 is 57.8. The first-order valence-corrected chi connectivity index (χ1v) is 8.70. The Hall–Kier alpha value is -2.32. The summed E-state index contributed by atoms with van der Waals surface area (Å²) in [5.41, 5.74) is 0.557. The minimum Gasteiger partial charge on any atom is -0.465 e. The van der Waals surface area contributed by atoms with Gasteiger partial charge in [-0.05, 0) is 30.7 Å². The second-order valence-electron chi connectivity index (χ2n) is 5.47. The largest absolute Gasteiger partial charge is 0.465 e. The number of hydrogen-bond donors (Lipinski definition) is 0. The number of aryl methyl sites for hydroxylation is 1. The van der Waals surface area contributed by atoms with Gasteiger partial charge in [-0.15, -0.1) is 0 Å². The van der Waals surface area contributed by atoms with E-state index in [0.29, 0.717) is 11.6 Å². The maximum atomic E-state index is 13.8. The van der Waals surface area contributed by atoms with Gasteiger partial charge in [0, 0.05) is 25.2 Å². The van der Waals surface area contributed by atoms with Crippen LogP contribution in [-0.2, 0) is 21.3 Å². The zero-order valence-electron chi connectivity index (χ0n) is 13.9. The molecular formula is C17H17F2NO4S. The van der Waals surface area contributed by atoms with E-state index in [1.165, 1.54) is 38.4 Å². The average molecular weight is 369 g/mol. The van der Waals surface area contributed by atoms with Crippen LogP contribution >= 0.6 is 0 Å². The van der Waals surface area contributed by atoms with Crippen LogP contribution in [-0.4, -0.2) is 32.8 Å². The third-order valence-corrected chi connectivity index (χ3v) is 5.65. The summed E-state index contributed by atoms with van der Waals surface area (Å²) in [6.07, 6.45) is 0. The summed E-state index contributed by atoms with van der Waals surface area (Å²) in [7, 11) is -1.52. The number of benzene rings is 2. The zero-order valence-corrected chi connectivity index (χ0v) is 14.7. The van der Waals surface area contributed by atoms with Gasteiger partial charge in [0.15, 0.2) is 0 Å². The highest BCUT2D eigenvalue weighted by Gasteiger charge is 2.25. The molecule has 0 unspecified atom stereocenters. The Morgan fingerprint density at radius 2 is 1.84 bits per heavy atom. The standard InChI is InChI=1S/C17H17F2NO4S/c1-11-4-5-12(17(21)24-3)8-16(11)25(22,23)20(2)10-13-6-7-14(18)9-15(13)19/h4-9H,10H2,1-3H3. The van der Waals surface area contributed by atoms with Crippen molar-refractivity contribution in [2.45, 2.75) is 18.4 Å². The van der Waals surface area contributed by atoms with Gasteiger partial charge >= 0.3 is 5.97 Å². The van der Waals surface area contributed by atoms with Crippen LogP contribution in [0.15, 0.2) is 41.3 Å². The molecule has 0 aliphatic carbocycles. The van der Waals surface area contributed by atoms with Crippen molar-refractivity contribution in [1.29, 1.82) is 0 Å². The number of carbonyl (C=O) groups is 1. The number of halogens is 2. The first-order valence-electron chi connectivity index (χ1n) is 7.26. The van der Waals surface area contributed by atoms with Crippen molar-refractivity contribution < 1.29 is 26.7 Å². The van der Waals surface area contributed by atoms with Gasteiger partial charge in [0.2, 0.25) is 10.0 Å². The Labute approximate surface area is 144 Å². The Balaban J connectivity index is 2.38. The molecule has 0 aromatic heterocycles. The quantitative estimate of drug-likeness (QED) is 0.761. The average Bonchev–Trinajstić information content (AvgIpc) is 2.56. The second-order valence-corrected chi connectivity index (χ2v) is 7.48. The predicted molar refractivity (Wildman–Crippen MR) is 87.5 cm³/mol. The minimum atomic E-state index is -3.99. The number of esters is 1. The molecule has 8 heteroatoms. The van der Waals surface area contributed by atoms with E-state index in [1.807, 2.05) is 0 Å². The number of methoxy groups -OCH3 is 1. The fourth-order valence-electron chi connectivity index (χ4n) is 2.27. The van der Waals surface area contributed by atoms with E-state index in [2.05, 4.69) is 4.74 Å². The Morgan fingerprint density at radius 3 is 2.44 bits per heavy atom. The molecule has 0 N–H and O–H groups in total. The van der Waals surface area contributed by atoms with Crippen molar-refractivity contribution in [1.82, 2.24) is 4.31 Å². The summed E-state index contributed by atoms with van der Waals surface area (Å²) in [5.74, 6) is -2.24. The lowest BCUT2D eigenvalue weighted by Crippen LogP contribution is -2.27. The molecule has 25 heavy (non-hydrogen) atoms. The minimum absolute atomic E-state index is 0.0363. The summed E-state index contributed by atoms with van der Waals surface area (Å²) in [6.45, 7) is 1.30. The third kappa shape index (κ3) is 4.02. The number of rotatable bonds is 5. The van der Waals surface area contributed by atoms with E-state index in [1.54, 1.807) is 6.92 Å². The molecule has 0 bridgehead atoms. The molecule has 0 fully saturated rings. The van der Waals surface area contributed by atoms with E-state index in [9.17, 15) is 22.0 Å². The predicted octanol–water partition coefficient (Wildman–Crippen LogP) is 2.88. The van der Waals surface area contributed by atoms with E-state index in [-0.39, 0.29) is 22.6 Å². The molecule has 0 atom stereocenters. The lowest BCUT2D eigenvalue weighted by atomic mass is 10.1. The summed E-state index contributed by atoms with van der Waals surface area (Å²) in [5, 5.41) is 0. The SMILES string of the molecule is COC(=O)c1ccc(C)c(S(=O)(=O)N(C)Cc2ccc(F)cc2F)c1. The molecule has 0 saturated carbocycles. The van der Waals surface area contributed by atoms with Crippen LogP contribution in [0.3, 0.4) is 0 Å². The topological polar surface area (TPSA) is 63.7 Å².